The largest absolute Gasteiger partial charge is 0.329 e. The normalized spacial score (nSPS) is 27.8. The lowest BCUT2D eigenvalue weighted by Gasteiger charge is -2.36. The Labute approximate surface area is 124 Å². The van der Waals surface area contributed by atoms with E-state index in [1.54, 1.807) is 0 Å². The Bertz CT molecular complexity index is 413. The highest BCUT2D eigenvalue weighted by Crippen LogP contribution is 2.38. The molecule has 0 aromatic heterocycles. The first-order valence-electron chi connectivity index (χ1n) is 7.99. The van der Waals surface area contributed by atoms with Crippen LogP contribution in [-0.4, -0.2) is 12.1 Å². The van der Waals surface area contributed by atoms with Crippen molar-refractivity contribution in [2.45, 2.75) is 64.5 Å². The molecule has 1 fully saturated rings. The number of hydrogen-bond acceptors (Lipinski definition) is 2. The minimum Gasteiger partial charge on any atom is -0.329 e. The van der Waals surface area contributed by atoms with Crippen LogP contribution in [0, 0.1) is 5.41 Å². The zero-order valence-corrected chi connectivity index (χ0v) is 13.3. The second-order valence-electron chi connectivity index (χ2n) is 7.28. The molecule has 112 valence electrons. The Morgan fingerprint density at radius 1 is 1.10 bits per heavy atom. The zero-order chi connectivity index (χ0) is 14.6. The van der Waals surface area contributed by atoms with Crippen molar-refractivity contribution in [3.63, 3.8) is 0 Å². The molecule has 1 aliphatic carbocycles. The molecule has 0 aliphatic heterocycles. The van der Waals surface area contributed by atoms with Crippen molar-refractivity contribution in [2.75, 3.05) is 6.54 Å². The lowest BCUT2D eigenvalue weighted by Crippen LogP contribution is -2.51. The van der Waals surface area contributed by atoms with E-state index in [0.717, 1.165) is 6.54 Å². The molecule has 2 rings (SSSR count). The van der Waals surface area contributed by atoms with E-state index >= 15 is 0 Å². The van der Waals surface area contributed by atoms with Gasteiger partial charge >= 0.3 is 0 Å². The summed E-state index contributed by atoms with van der Waals surface area (Å²) in [6, 6.07) is 11.0. The third-order valence-electron chi connectivity index (χ3n) is 5.00. The topological polar surface area (TPSA) is 38.0 Å². The van der Waals surface area contributed by atoms with E-state index in [-0.39, 0.29) is 5.54 Å². The maximum atomic E-state index is 6.16. The molecule has 2 unspecified atom stereocenters. The molecule has 0 amide bonds. The van der Waals surface area contributed by atoms with Crippen LogP contribution in [0.2, 0.25) is 0 Å². The van der Waals surface area contributed by atoms with Crippen LogP contribution < -0.4 is 11.1 Å². The number of nitrogens with one attached hydrogen (secondary N) is 1. The number of benzene rings is 1. The minimum atomic E-state index is 0.114. The van der Waals surface area contributed by atoms with Crippen LogP contribution in [0.4, 0.5) is 0 Å². The van der Waals surface area contributed by atoms with Gasteiger partial charge in [0.1, 0.15) is 0 Å². The molecule has 2 nitrogen and oxygen atoms in total. The highest BCUT2D eigenvalue weighted by atomic mass is 15.0. The zero-order valence-electron chi connectivity index (χ0n) is 13.3. The fraction of sp³-hybridized carbons (Fsp3) is 0.667. The lowest BCUT2D eigenvalue weighted by atomic mass is 9.83. The summed E-state index contributed by atoms with van der Waals surface area (Å²) in [7, 11) is 0. The molecule has 1 saturated carbocycles. The van der Waals surface area contributed by atoms with Gasteiger partial charge in [-0.3, -0.25) is 0 Å². The van der Waals surface area contributed by atoms with E-state index < -0.39 is 0 Å². The Balaban J connectivity index is 2.08. The van der Waals surface area contributed by atoms with E-state index in [2.05, 4.69) is 56.4 Å². The van der Waals surface area contributed by atoms with Crippen molar-refractivity contribution in [3.8, 4) is 0 Å². The Hall–Kier alpha value is -0.860. The fourth-order valence-corrected chi connectivity index (χ4v) is 3.42. The van der Waals surface area contributed by atoms with Crippen LogP contribution in [0.15, 0.2) is 30.3 Å². The summed E-state index contributed by atoms with van der Waals surface area (Å²) in [4.78, 5) is 0. The van der Waals surface area contributed by atoms with Crippen molar-refractivity contribution >= 4 is 0 Å². The predicted molar refractivity (Wildman–Crippen MR) is 86.6 cm³/mol. The maximum Gasteiger partial charge on any atom is 0.0309 e. The standard InChI is InChI=1S/C18H30N2/c1-15(16-8-5-4-6-9-16)20-18(14-19)11-7-10-17(2,3)12-13-18/h4-6,8-9,15,20H,7,10-14,19H2,1-3H3. The van der Waals surface area contributed by atoms with Gasteiger partial charge in [0.25, 0.3) is 0 Å². The second-order valence-corrected chi connectivity index (χ2v) is 7.28. The van der Waals surface area contributed by atoms with Gasteiger partial charge in [0.2, 0.25) is 0 Å². The monoisotopic (exact) mass is 274 g/mol. The highest BCUT2D eigenvalue weighted by molar-refractivity contribution is 5.19. The summed E-state index contributed by atoms with van der Waals surface area (Å²) in [5.41, 5.74) is 8.09. The summed E-state index contributed by atoms with van der Waals surface area (Å²) < 4.78 is 0. The predicted octanol–water partition coefficient (Wildman–Crippen LogP) is 4.03. The van der Waals surface area contributed by atoms with Gasteiger partial charge in [-0.25, -0.2) is 0 Å². The lowest BCUT2D eigenvalue weighted by molar-refractivity contribution is 0.248. The molecule has 0 heterocycles. The average Bonchev–Trinajstić information content (AvgIpc) is 2.59. The van der Waals surface area contributed by atoms with Gasteiger partial charge in [-0.2, -0.15) is 0 Å². The maximum absolute atomic E-state index is 6.16. The molecule has 1 aliphatic rings. The van der Waals surface area contributed by atoms with Gasteiger partial charge in [0, 0.05) is 18.1 Å². The number of hydrogen-bond donors (Lipinski definition) is 2. The Kier molecular flexibility index (Phi) is 4.87. The smallest absolute Gasteiger partial charge is 0.0309 e. The first-order chi connectivity index (χ1) is 9.46. The van der Waals surface area contributed by atoms with E-state index in [1.807, 2.05) is 0 Å². The van der Waals surface area contributed by atoms with Crippen LogP contribution in [0.5, 0.6) is 0 Å². The summed E-state index contributed by atoms with van der Waals surface area (Å²) in [5.74, 6) is 0. The van der Waals surface area contributed by atoms with Crippen molar-refractivity contribution in [2.24, 2.45) is 11.1 Å². The van der Waals surface area contributed by atoms with E-state index in [1.165, 1.54) is 37.7 Å². The van der Waals surface area contributed by atoms with Crippen LogP contribution in [-0.2, 0) is 0 Å². The molecule has 1 aromatic rings. The third kappa shape index (κ3) is 3.83. The van der Waals surface area contributed by atoms with E-state index in [0.29, 0.717) is 11.5 Å². The molecule has 3 N–H and O–H groups in total. The van der Waals surface area contributed by atoms with E-state index in [9.17, 15) is 0 Å². The average molecular weight is 274 g/mol. The highest BCUT2D eigenvalue weighted by Gasteiger charge is 2.35. The molecular formula is C18H30N2. The van der Waals surface area contributed by atoms with Gasteiger partial charge in [0.15, 0.2) is 0 Å². The number of rotatable bonds is 4. The SMILES string of the molecule is CC(NC1(CN)CCCC(C)(C)CC1)c1ccccc1. The second kappa shape index (κ2) is 6.28. The molecule has 0 spiro atoms. The molecule has 0 saturated heterocycles. The summed E-state index contributed by atoms with van der Waals surface area (Å²) in [6.07, 6.45) is 6.24. The Morgan fingerprint density at radius 2 is 1.80 bits per heavy atom. The van der Waals surface area contributed by atoms with Gasteiger partial charge in [-0.1, -0.05) is 50.6 Å². The van der Waals surface area contributed by atoms with Crippen molar-refractivity contribution in [1.29, 1.82) is 0 Å². The minimum absolute atomic E-state index is 0.114. The molecule has 2 heteroatoms. The van der Waals surface area contributed by atoms with Gasteiger partial charge in [-0.05, 0) is 43.6 Å². The van der Waals surface area contributed by atoms with E-state index in [4.69, 9.17) is 5.73 Å². The molecule has 2 atom stereocenters. The molecule has 0 bridgehead atoms. The summed E-state index contributed by atoms with van der Waals surface area (Å²) in [5, 5.41) is 3.85. The fourth-order valence-electron chi connectivity index (χ4n) is 3.42. The van der Waals surface area contributed by atoms with Crippen molar-refractivity contribution in [1.82, 2.24) is 5.32 Å². The van der Waals surface area contributed by atoms with Gasteiger partial charge in [-0.15, -0.1) is 0 Å². The van der Waals surface area contributed by atoms with Crippen LogP contribution in [0.1, 0.15) is 64.5 Å². The Morgan fingerprint density at radius 3 is 2.45 bits per heavy atom. The van der Waals surface area contributed by atoms with Crippen LogP contribution in [0.3, 0.4) is 0 Å². The van der Waals surface area contributed by atoms with Gasteiger partial charge in [0.05, 0.1) is 0 Å². The molecular weight excluding hydrogens is 244 g/mol. The first kappa shape index (κ1) is 15.5. The molecule has 0 radical (unpaired) electrons. The van der Waals surface area contributed by atoms with Crippen LogP contribution in [0.25, 0.3) is 0 Å². The quantitative estimate of drug-likeness (QED) is 0.814. The summed E-state index contributed by atoms with van der Waals surface area (Å²) in [6.45, 7) is 7.77. The number of nitrogens with two attached hydrogens (primary N) is 1. The molecule has 20 heavy (non-hydrogen) atoms. The first-order valence-corrected chi connectivity index (χ1v) is 7.99. The third-order valence-corrected chi connectivity index (χ3v) is 5.00. The summed E-state index contributed by atoms with van der Waals surface area (Å²) >= 11 is 0. The van der Waals surface area contributed by atoms with Crippen LogP contribution >= 0.6 is 0 Å². The molecule has 1 aromatic carbocycles. The van der Waals surface area contributed by atoms with Crippen molar-refractivity contribution in [3.05, 3.63) is 35.9 Å². The van der Waals surface area contributed by atoms with Gasteiger partial charge < -0.3 is 11.1 Å². The van der Waals surface area contributed by atoms with Crippen molar-refractivity contribution < 1.29 is 0 Å².